The van der Waals surface area contributed by atoms with Crippen LogP contribution < -0.4 is 11.5 Å². The van der Waals surface area contributed by atoms with Crippen molar-refractivity contribution in [2.24, 2.45) is 17.4 Å². The fourth-order valence-electron chi connectivity index (χ4n) is 3.50. The number of methoxy groups -OCH3 is 1. The van der Waals surface area contributed by atoms with E-state index in [1.165, 1.54) is 12.0 Å². The molecule has 3 rings (SSSR count). The van der Waals surface area contributed by atoms with Gasteiger partial charge in [-0.3, -0.25) is 14.4 Å². The number of amides is 3. The Morgan fingerprint density at radius 3 is 2.31 bits per heavy atom. The SMILES string of the molecule is COC(=O)[C@H]1[C@@H](n2nnc(C(N)=O)c2C(N)=O)CCN1C(=O)C1CCC1. The molecule has 1 saturated carbocycles. The summed E-state index contributed by atoms with van der Waals surface area (Å²) in [6.07, 6.45) is 2.89. The second-order valence-electron chi connectivity index (χ2n) is 6.44. The van der Waals surface area contributed by atoms with Crippen molar-refractivity contribution in [1.29, 1.82) is 0 Å². The van der Waals surface area contributed by atoms with Gasteiger partial charge in [0.05, 0.1) is 13.2 Å². The number of carbonyl (C=O) groups excluding carboxylic acids is 4. The second kappa shape index (κ2) is 6.73. The van der Waals surface area contributed by atoms with Gasteiger partial charge in [0.2, 0.25) is 5.91 Å². The molecule has 0 unspecified atom stereocenters. The number of carbonyl (C=O) groups is 4. The van der Waals surface area contributed by atoms with Gasteiger partial charge in [0.25, 0.3) is 11.8 Å². The third-order valence-electron chi connectivity index (χ3n) is 5.02. The van der Waals surface area contributed by atoms with Gasteiger partial charge in [0, 0.05) is 12.5 Å². The lowest BCUT2D eigenvalue weighted by molar-refractivity contribution is -0.154. The predicted octanol–water partition coefficient (Wildman–Crippen LogP) is -1.41. The molecule has 1 aliphatic carbocycles. The number of primary amides is 2. The highest BCUT2D eigenvalue weighted by molar-refractivity contribution is 6.03. The molecule has 3 amide bonds. The third-order valence-corrected chi connectivity index (χ3v) is 5.02. The summed E-state index contributed by atoms with van der Waals surface area (Å²) in [5.74, 6) is -2.76. The van der Waals surface area contributed by atoms with Crippen LogP contribution in [0.5, 0.6) is 0 Å². The Morgan fingerprint density at radius 1 is 1.12 bits per heavy atom. The van der Waals surface area contributed by atoms with Crippen LogP contribution in [0.1, 0.15) is 52.7 Å². The quantitative estimate of drug-likeness (QED) is 0.606. The topological polar surface area (TPSA) is 164 Å². The lowest BCUT2D eigenvalue weighted by atomic mass is 9.84. The number of nitrogens with zero attached hydrogens (tertiary/aromatic N) is 4. The molecule has 1 aromatic rings. The first-order valence-electron chi connectivity index (χ1n) is 8.30. The molecule has 0 aromatic carbocycles. The summed E-state index contributed by atoms with van der Waals surface area (Å²) in [5.41, 5.74) is 9.90. The zero-order chi connectivity index (χ0) is 19.0. The van der Waals surface area contributed by atoms with Crippen LogP contribution >= 0.6 is 0 Å². The number of rotatable bonds is 5. The highest BCUT2D eigenvalue weighted by atomic mass is 16.5. The first-order chi connectivity index (χ1) is 12.4. The summed E-state index contributed by atoms with van der Waals surface area (Å²) in [5, 5.41) is 7.42. The summed E-state index contributed by atoms with van der Waals surface area (Å²) in [6, 6.07) is -1.71. The number of nitrogens with two attached hydrogens (primary N) is 2. The van der Waals surface area contributed by atoms with Crippen molar-refractivity contribution in [2.45, 2.75) is 37.8 Å². The van der Waals surface area contributed by atoms with Crippen LogP contribution in [0.15, 0.2) is 0 Å². The van der Waals surface area contributed by atoms with E-state index in [0.29, 0.717) is 13.0 Å². The molecule has 11 nitrogen and oxygen atoms in total. The lowest BCUT2D eigenvalue weighted by Crippen LogP contribution is -2.48. The van der Waals surface area contributed by atoms with E-state index in [9.17, 15) is 19.2 Å². The molecule has 2 heterocycles. The normalized spacial score (nSPS) is 22.7. The van der Waals surface area contributed by atoms with Crippen LogP contribution in [0.25, 0.3) is 0 Å². The number of hydrogen-bond donors (Lipinski definition) is 2. The molecule has 0 bridgehead atoms. The number of esters is 1. The number of ether oxygens (including phenoxy) is 1. The van der Waals surface area contributed by atoms with E-state index < -0.39 is 29.9 Å². The van der Waals surface area contributed by atoms with Crippen molar-refractivity contribution in [3.05, 3.63) is 11.4 Å². The molecular formula is C15H20N6O5. The Kier molecular flexibility index (Phi) is 4.62. The van der Waals surface area contributed by atoms with Crippen molar-refractivity contribution in [3.8, 4) is 0 Å². The number of aromatic nitrogens is 3. The Labute approximate surface area is 148 Å². The fraction of sp³-hybridized carbons (Fsp3) is 0.600. The van der Waals surface area contributed by atoms with E-state index >= 15 is 0 Å². The van der Waals surface area contributed by atoms with Crippen LogP contribution in [0.3, 0.4) is 0 Å². The molecule has 4 N–H and O–H groups in total. The van der Waals surface area contributed by atoms with E-state index in [4.69, 9.17) is 16.2 Å². The van der Waals surface area contributed by atoms with E-state index in [2.05, 4.69) is 10.3 Å². The van der Waals surface area contributed by atoms with Crippen molar-refractivity contribution < 1.29 is 23.9 Å². The van der Waals surface area contributed by atoms with Gasteiger partial charge in [-0.1, -0.05) is 11.6 Å². The van der Waals surface area contributed by atoms with Crippen LogP contribution in [0, 0.1) is 5.92 Å². The maximum absolute atomic E-state index is 12.7. The van der Waals surface area contributed by atoms with Crippen LogP contribution in [-0.2, 0) is 14.3 Å². The molecule has 2 fully saturated rings. The van der Waals surface area contributed by atoms with Crippen molar-refractivity contribution in [1.82, 2.24) is 19.9 Å². The Morgan fingerprint density at radius 2 is 1.81 bits per heavy atom. The largest absolute Gasteiger partial charge is 0.467 e. The van der Waals surface area contributed by atoms with E-state index in [0.717, 1.165) is 23.9 Å². The van der Waals surface area contributed by atoms with Gasteiger partial charge in [-0.2, -0.15) is 0 Å². The molecule has 0 spiro atoms. The van der Waals surface area contributed by atoms with Crippen molar-refractivity contribution in [3.63, 3.8) is 0 Å². The standard InChI is InChI=1S/C15H20N6O5/c1-26-15(25)10-8(5-6-20(10)14(24)7-3-2-4-7)21-11(13(17)23)9(12(16)22)18-19-21/h7-8,10H,2-6H2,1H3,(H2,16,22)(H2,17,23)/t8-,10+/m0/s1. The molecule has 26 heavy (non-hydrogen) atoms. The van der Waals surface area contributed by atoms with Crippen molar-refractivity contribution >= 4 is 23.7 Å². The molecular weight excluding hydrogens is 344 g/mol. The first kappa shape index (κ1) is 17.8. The Balaban J connectivity index is 1.99. The van der Waals surface area contributed by atoms with E-state index in [-0.39, 0.29) is 23.2 Å². The minimum Gasteiger partial charge on any atom is -0.467 e. The smallest absolute Gasteiger partial charge is 0.330 e. The Hall–Kier alpha value is -2.98. The lowest BCUT2D eigenvalue weighted by Gasteiger charge is -2.32. The first-order valence-corrected chi connectivity index (χ1v) is 8.30. The van der Waals surface area contributed by atoms with E-state index in [1.54, 1.807) is 0 Å². The maximum Gasteiger partial charge on any atom is 0.330 e. The summed E-state index contributed by atoms with van der Waals surface area (Å²) < 4.78 is 5.96. The van der Waals surface area contributed by atoms with Crippen molar-refractivity contribution in [2.75, 3.05) is 13.7 Å². The van der Waals surface area contributed by atoms with Gasteiger partial charge in [-0.05, 0) is 19.3 Å². The van der Waals surface area contributed by atoms with Crippen LogP contribution in [0.2, 0.25) is 0 Å². The zero-order valence-corrected chi connectivity index (χ0v) is 14.3. The van der Waals surface area contributed by atoms with Gasteiger partial charge in [-0.15, -0.1) is 5.10 Å². The molecule has 2 aliphatic rings. The summed E-state index contributed by atoms with van der Waals surface area (Å²) in [7, 11) is 1.22. The average Bonchev–Trinajstić information content (AvgIpc) is 3.15. The molecule has 11 heteroatoms. The predicted molar refractivity (Wildman–Crippen MR) is 85.6 cm³/mol. The van der Waals surface area contributed by atoms with Gasteiger partial charge in [0.15, 0.2) is 17.4 Å². The minimum absolute atomic E-state index is 0.103. The van der Waals surface area contributed by atoms with Crippen LogP contribution in [0.4, 0.5) is 0 Å². The molecule has 1 aromatic heterocycles. The molecule has 2 atom stereocenters. The van der Waals surface area contributed by atoms with Gasteiger partial charge >= 0.3 is 5.97 Å². The minimum atomic E-state index is -0.978. The summed E-state index contributed by atoms with van der Waals surface area (Å²) in [6.45, 7) is 0.295. The highest BCUT2D eigenvalue weighted by Crippen LogP contribution is 2.35. The second-order valence-corrected chi connectivity index (χ2v) is 6.44. The molecule has 1 saturated heterocycles. The molecule has 140 valence electrons. The van der Waals surface area contributed by atoms with E-state index in [1.807, 2.05) is 0 Å². The number of likely N-dealkylation sites (tertiary alicyclic amines) is 1. The average molecular weight is 364 g/mol. The molecule has 0 radical (unpaired) electrons. The van der Waals surface area contributed by atoms with Gasteiger partial charge in [-0.25, -0.2) is 9.48 Å². The fourth-order valence-corrected chi connectivity index (χ4v) is 3.50. The zero-order valence-electron chi connectivity index (χ0n) is 14.3. The number of hydrogen-bond acceptors (Lipinski definition) is 7. The van der Waals surface area contributed by atoms with Crippen LogP contribution in [-0.4, -0.2) is 63.3 Å². The highest BCUT2D eigenvalue weighted by Gasteiger charge is 2.47. The summed E-state index contributed by atoms with van der Waals surface area (Å²) >= 11 is 0. The van der Waals surface area contributed by atoms with Gasteiger partial charge in [0.1, 0.15) is 0 Å². The Bertz CT molecular complexity index is 771. The monoisotopic (exact) mass is 364 g/mol. The third kappa shape index (κ3) is 2.78. The van der Waals surface area contributed by atoms with Gasteiger partial charge < -0.3 is 21.1 Å². The molecule has 1 aliphatic heterocycles. The maximum atomic E-state index is 12.7. The summed E-state index contributed by atoms with van der Waals surface area (Å²) in [4.78, 5) is 49.8.